The molecule has 0 fully saturated rings. The second-order valence-corrected chi connectivity index (χ2v) is 7.75. The zero-order valence-electron chi connectivity index (χ0n) is 19.7. The number of amides is 1. The van der Waals surface area contributed by atoms with Crippen LogP contribution in [-0.4, -0.2) is 29.9 Å². The van der Waals surface area contributed by atoms with E-state index in [1.165, 1.54) is 28.9 Å². The Balaban J connectivity index is 1.44. The molecule has 9 heteroatoms. The molecule has 184 valence electrons. The summed E-state index contributed by atoms with van der Waals surface area (Å²) in [6, 6.07) is 20.6. The van der Waals surface area contributed by atoms with Gasteiger partial charge in [-0.15, -0.1) is 5.10 Å². The average Bonchev–Trinajstić information content (AvgIpc) is 2.91. The highest BCUT2D eigenvalue weighted by atomic mass is 19.1. The van der Waals surface area contributed by atoms with Gasteiger partial charge in [0, 0.05) is 29.8 Å². The Morgan fingerprint density at radius 2 is 1.78 bits per heavy atom. The second kappa shape index (κ2) is 11.2. The van der Waals surface area contributed by atoms with Crippen molar-refractivity contribution in [2.75, 3.05) is 14.2 Å². The Morgan fingerprint density at radius 3 is 2.50 bits per heavy atom. The summed E-state index contributed by atoms with van der Waals surface area (Å²) < 4.78 is 30.7. The van der Waals surface area contributed by atoms with E-state index in [9.17, 15) is 14.0 Å². The van der Waals surface area contributed by atoms with Gasteiger partial charge in [0.1, 0.15) is 23.9 Å². The van der Waals surface area contributed by atoms with Crippen LogP contribution in [0.4, 0.5) is 4.39 Å². The molecule has 0 bridgehead atoms. The summed E-state index contributed by atoms with van der Waals surface area (Å²) in [6.07, 6.45) is 0. The van der Waals surface area contributed by atoms with Crippen molar-refractivity contribution in [1.29, 1.82) is 0 Å². The zero-order chi connectivity index (χ0) is 25.5. The van der Waals surface area contributed by atoms with Gasteiger partial charge in [0.05, 0.1) is 19.9 Å². The van der Waals surface area contributed by atoms with E-state index in [2.05, 4.69) is 10.4 Å². The molecule has 1 aromatic heterocycles. The first-order valence-corrected chi connectivity index (χ1v) is 11.0. The lowest BCUT2D eigenvalue weighted by atomic mass is 10.1. The lowest BCUT2D eigenvalue weighted by Gasteiger charge is -2.12. The third-order valence-electron chi connectivity index (χ3n) is 5.35. The topological polar surface area (TPSA) is 91.7 Å². The highest BCUT2D eigenvalue weighted by molar-refractivity contribution is 5.94. The first kappa shape index (κ1) is 24.5. The molecule has 0 radical (unpaired) electrons. The molecule has 0 saturated carbocycles. The first-order valence-electron chi connectivity index (χ1n) is 11.0. The van der Waals surface area contributed by atoms with Crippen molar-refractivity contribution < 1.29 is 23.4 Å². The number of nitrogens with zero attached hydrogens (tertiary/aromatic N) is 2. The number of halogens is 1. The molecule has 0 aliphatic heterocycles. The maximum absolute atomic E-state index is 13.4. The number of ether oxygens (including phenoxy) is 3. The standard InChI is InChI=1S/C27H24FN3O5/c1-34-23-10-11-24(35-2)20(15-23)16-29-27(33)19-6-8-22(9-7-19)31-26(32)13-12-25(30-31)36-17-18-4-3-5-21(28)14-18/h3-15H,16-17H2,1-2H3,(H,29,33). The maximum atomic E-state index is 13.4. The molecule has 3 aromatic carbocycles. The molecule has 0 atom stereocenters. The van der Waals surface area contributed by atoms with Crippen LogP contribution in [0.25, 0.3) is 5.69 Å². The zero-order valence-corrected chi connectivity index (χ0v) is 19.7. The SMILES string of the molecule is COc1ccc(OC)c(CNC(=O)c2ccc(-n3nc(OCc4cccc(F)c4)ccc3=O)cc2)c1. The fourth-order valence-corrected chi connectivity index (χ4v) is 3.49. The van der Waals surface area contributed by atoms with Crippen LogP contribution in [0.15, 0.2) is 83.7 Å². The number of hydrogen-bond donors (Lipinski definition) is 1. The number of nitrogens with one attached hydrogen (secondary N) is 1. The summed E-state index contributed by atoms with van der Waals surface area (Å²) in [5.41, 5.74) is 1.91. The summed E-state index contributed by atoms with van der Waals surface area (Å²) in [4.78, 5) is 25.0. The van der Waals surface area contributed by atoms with E-state index in [0.29, 0.717) is 28.3 Å². The number of rotatable bonds is 9. The van der Waals surface area contributed by atoms with Gasteiger partial charge in [-0.25, -0.2) is 4.39 Å². The van der Waals surface area contributed by atoms with Crippen molar-refractivity contribution in [3.63, 3.8) is 0 Å². The minimum atomic E-state index is -0.365. The highest BCUT2D eigenvalue weighted by Gasteiger charge is 2.11. The van der Waals surface area contributed by atoms with Crippen LogP contribution in [0.1, 0.15) is 21.5 Å². The van der Waals surface area contributed by atoms with Gasteiger partial charge in [-0.3, -0.25) is 9.59 Å². The largest absolute Gasteiger partial charge is 0.497 e. The van der Waals surface area contributed by atoms with Crippen molar-refractivity contribution in [1.82, 2.24) is 15.1 Å². The third kappa shape index (κ3) is 5.87. The van der Waals surface area contributed by atoms with E-state index >= 15 is 0 Å². The Hall–Kier alpha value is -4.66. The maximum Gasteiger partial charge on any atom is 0.271 e. The van der Waals surface area contributed by atoms with E-state index in [4.69, 9.17) is 14.2 Å². The fraction of sp³-hybridized carbons (Fsp3) is 0.148. The molecule has 8 nitrogen and oxygen atoms in total. The first-order chi connectivity index (χ1) is 17.5. The van der Waals surface area contributed by atoms with E-state index in [1.807, 2.05) is 0 Å². The lowest BCUT2D eigenvalue weighted by molar-refractivity contribution is 0.0950. The monoisotopic (exact) mass is 489 g/mol. The highest BCUT2D eigenvalue weighted by Crippen LogP contribution is 2.24. The Morgan fingerprint density at radius 1 is 0.972 bits per heavy atom. The minimum absolute atomic E-state index is 0.0974. The van der Waals surface area contributed by atoms with Crippen LogP contribution < -0.4 is 25.1 Å². The number of aromatic nitrogens is 2. The summed E-state index contributed by atoms with van der Waals surface area (Å²) in [6.45, 7) is 0.340. The molecule has 36 heavy (non-hydrogen) atoms. The van der Waals surface area contributed by atoms with Crippen LogP contribution in [0.3, 0.4) is 0 Å². The summed E-state index contributed by atoms with van der Waals surface area (Å²) in [5.74, 6) is 0.841. The summed E-state index contributed by atoms with van der Waals surface area (Å²) in [7, 11) is 3.13. The van der Waals surface area contributed by atoms with Crippen LogP contribution >= 0.6 is 0 Å². The van der Waals surface area contributed by atoms with Crippen LogP contribution in [0.5, 0.6) is 17.4 Å². The Bertz CT molecular complexity index is 1420. The Kier molecular flexibility index (Phi) is 7.60. The molecule has 0 unspecified atom stereocenters. The van der Waals surface area contributed by atoms with Gasteiger partial charge < -0.3 is 19.5 Å². The third-order valence-corrected chi connectivity index (χ3v) is 5.35. The number of benzene rings is 3. The molecule has 0 aliphatic carbocycles. The quantitative estimate of drug-likeness (QED) is 0.384. The van der Waals surface area contributed by atoms with Gasteiger partial charge in [-0.2, -0.15) is 4.68 Å². The van der Waals surface area contributed by atoms with Crippen molar-refractivity contribution >= 4 is 5.91 Å². The van der Waals surface area contributed by atoms with Gasteiger partial charge in [-0.05, 0) is 60.2 Å². The minimum Gasteiger partial charge on any atom is -0.497 e. The van der Waals surface area contributed by atoms with E-state index < -0.39 is 0 Å². The molecular weight excluding hydrogens is 465 g/mol. The van der Waals surface area contributed by atoms with Gasteiger partial charge in [0.15, 0.2) is 0 Å². The van der Waals surface area contributed by atoms with Crippen LogP contribution in [0, 0.1) is 5.82 Å². The smallest absolute Gasteiger partial charge is 0.271 e. The molecule has 1 amide bonds. The number of methoxy groups -OCH3 is 2. The molecule has 1 heterocycles. The summed E-state index contributed by atoms with van der Waals surface area (Å²) >= 11 is 0. The molecule has 0 spiro atoms. The van der Waals surface area contributed by atoms with Crippen LogP contribution in [-0.2, 0) is 13.2 Å². The van der Waals surface area contributed by atoms with Gasteiger partial charge in [0.25, 0.3) is 11.5 Å². The van der Waals surface area contributed by atoms with Gasteiger partial charge in [-0.1, -0.05) is 12.1 Å². The van der Waals surface area contributed by atoms with E-state index in [1.54, 1.807) is 68.8 Å². The van der Waals surface area contributed by atoms with E-state index in [-0.39, 0.29) is 36.3 Å². The number of hydrogen-bond acceptors (Lipinski definition) is 6. The van der Waals surface area contributed by atoms with Crippen molar-refractivity contribution in [3.05, 3.63) is 112 Å². The van der Waals surface area contributed by atoms with Crippen LogP contribution in [0.2, 0.25) is 0 Å². The second-order valence-electron chi connectivity index (χ2n) is 7.75. The molecule has 0 aliphatic rings. The molecule has 1 N–H and O–H groups in total. The molecule has 4 rings (SSSR count). The fourth-order valence-electron chi connectivity index (χ4n) is 3.49. The number of carbonyl (C=O) groups is 1. The van der Waals surface area contributed by atoms with Crippen molar-refractivity contribution in [2.45, 2.75) is 13.2 Å². The normalized spacial score (nSPS) is 10.5. The predicted octanol–water partition coefficient (Wildman–Crippen LogP) is 3.90. The lowest BCUT2D eigenvalue weighted by Crippen LogP contribution is -2.23. The van der Waals surface area contributed by atoms with Gasteiger partial charge in [0.2, 0.25) is 5.88 Å². The Labute approximate surface area is 206 Å². The average molecular weight is 490 g/mol. The van der Waals surface area contributed by atoms with Gasteiger partial charge >= 0.3 is 0 Å². The molecule has 4 aromatic rings. The van der Waals surface area contributed by atoms with Crippen molar-refractivity contribution in [2.24, 2.45) is 0 Å². The van der Waals surface area contributed by atoms with E-state index in [0.717, 1.165) is 5.56 Å². The predicted molar refractivity (Wildman–Crippen MR) is 131 cm³/mol. The molecular formula is C27H24FN3O5. The summed E-state index contributed by atoms with van der Waals surface area (Å²) in [5, 5.41) is 7.08. The molecule has 0 saturated heterocycles. The number of carbonyl (C=O) groups excluding carboxylic acids is 1. The van der Waals surface area contributed by atoms with Crippen molar-refractivity contribution in [3.8, 4) is 23.1 Å².